The number of esters is 1. The maximum Gasteiger partial charge on any atom is 0.302 e. The molecule has 2 fully saturated rings. The normalized spacial score (nSPS) is 15.8. The molecule has 1 aliphatic carbocycles. The van der Waals surface area contributed by atoms with Gasteiger partial charge in [-0.25, -0.2) is 0 Å². The van der Waals surface area contributed by atoms with Gasteiger partial charge in [-0.15, -0.1) is 0 Å². The first-order valence-electron chi connectivity index (χ1n) is 20.4. The van der Waals surface area contributed by atoms with Gasteiger partial charge in [0.05, 0.1) is 78.8 Å². The van der Waals surface area contributed by atoms with Crippen LogP contribution in [0.2, 0.25) is 0 Å². The molecule has 0 spiro atoms. The van der Waals surface area contributed by atoms with Gasteiger partial charge in [-0.05, 0) is 38.8 Å². The van der Waals surface area contributed by atoms with Crippen molar-refractivity contribution in [2.24, 2.45) is 17.3 Å². The van der Waals surface area contributed by atoms with E-state index in [1.807, 2.05) is 18.9 Å². The first kappa shape index (κ1) is 70.5. The zero-order valence-electron chi connectivity index (χ0n) is 39.3. The fraction of sp³-hybridized carbons (Fsp3) is 0.925. The minimum atomic E-state index is -0.950. The molecule has 0 bridgehead atoms. The van der Waals surface area contributed by atoms with Crippen LogP contribution in [0.25, 0.3) is 0 Å². The van der Waals surface area contributed by atoms with Gasteiger partial charge in [0.25, 0.3) is 0 Å². The van der Waals surface area contributed by atoms with Crippen molar-refractivity contribution >= 4 is 17.8 Å². The standard InChI is InChI=1S/C6H13NO3.C6H12O2.C6H12O.C5H13NO2.C5H10O4.C5H12O2.C4H9NO2.C3H9NO/c1-6(10)7(2-4-8)3-5-9;1-6(3-7-2)4-8-5-6;1-5-3-6(5)4-7-2;1-6(2-4-7)3-5-8;1-4(7)9-3-5(8)2-6;1-3-5(6)4-7-2;1-4(7)5-2-3-6;1-4-2-3-5/h8-9H,2-5H2,1H3;3-5H2,1-2H3;5-6H,3-4H2,1-2H3;7-8H,2-5H2,1H3;5-6,8H,2-3H2,1H3;5-6H,3-4H2,1-2H3;6H,2-3H2,1H3,(H,5,7);4-5H,2-3H2,1H3. The number of hydrogen-bond donors (Lipinski definition) is 11. The Hall–Kier alpha value is -2.19. The number of hydrogen-bond acceptors (Lipinski definition) is 19. The second kappa shape index (κ2) is 53.9. The Balaban J connectivity index is -0.000000143. The highest BCUT2D eigenvalue weighted by atomic mass is 16.5. The van der Waals surface area contributed by atoms with Crippen LogP contribution in [0, 0.1) is 17.3 Å². The summed E-state index contributed by atoms with van der Waals surface area (Å²) in [5.74, 6) is 1.16. The summed E-state index contributed by atoms with van der Waals surface area (Å²) in [7, 11) is 8.73. The molecule has 0 aromatic heterocycles. The lowest BCUT2D eigenvalue weighted by molar-refractivity contribution is -0.144. The molecular formula is C40H90N4O17. The number of likely N-dealkylation sites (N-methyl/N-ethyl adjacent to an activating group) is 2. The molecule has 0 aromatic carbocycles. The maximum absolute atomic E-state index is 10.6. The van der Waals surface area contributed by atoms with Gasteiger partial charge in [-0.3, -0.25) is 14.4 Å². The highest BCUT2D eigenvalue weighted by Crippen LogP contribution is 2.37. The second-order valence-corrected chi connectivity index (χ2v) is 14.1. The summed E-state index contributed by atoms with van der Waals surface area (Å²) in [5, 5.41) is 80.3. The van der Waals surface area contributed by atoms with Crippen molar-refractivity contribution in [1.29, 1.82) is 0 Å². The van der Waals surface area contributed by atoms with Crippen molar-refractivity contribution in [3.8, 4) is 0 Å². The van der Waals surface area contributed by atoms with Crippen molar-refractivity contribution in [1.82, 2.24) is 20.4 Å². The van der Waals surface area contributed by atoms with Crippen LogP contribution in [0.3, 0.4) is 0 Å². The third-order valence-electron chi connectivity index (χ3n) is 7.57. The summed E-state index contributed by atoms with van der Waals surface area (Å²) in [5.41, 5.74) is 0.328. The van der Waals surface area contributed by atoms with Crippen molar-refractivity contribution in [2.75, 3.05) is 161 Å². The molecule has 372 valence electrons. The fourth-order valence-electron chi connectivity index (χ4n) is 3.77. The van der Waals surface area contributed by atoms with Crippen molar-refractivity contribution in [3.63, 3.8) is 0 Å². The Kier molecular flexibility index (Phi) is 62.3. The number of ether oxygens (including phenoxy) is 5. The maximum atomic E-state index is 10.6. The Bertz CT molecular complexity index is 892. The van der Waals surface area contributed by atoms with E-state index in [4.69, 9.17) is 60.2 Å². The molecule has 4 unspecified atom stereocenters. The van der Waals surface area contributed by atoms with Crippen LogP contribution >= 0.6 is 0 Å². The molecule has 1 aliphatic heterocycles. The molecule has 61 heavy (non-hydrogen) atoms. The summed E-state index contributed by atoms with van der Waals surface area (Å²) < 4.78 is 23.9. The third kappa shape index (κ3) is 64.6. The van der Waals surface area contributed by atoms with Gasteiger partial charge in [0.2, 0.25) is 11.8 Å². The number of carbonyl (C=O) groups excluding carboxylic acids is 3. The van der Waals surface area contributed by atoms with Gasteiger partial charge in [0, 0.05) is 93.4 Å². The number of nitrogens with one attached hydrogen (secondary N) is 2. The summed E-state index contributed by atoms with van der Waals surface area (Å²) in [4.78, 5) is 33.9. The van der Waals surface area contributed by atoms with E-state index in [2.05, 4.69) is 34.0 Å². The van der Waals surface area contributed by atoms with E-state index in [-0.39, 0.29) is 70.8 Å². The van der Waals surface area contributed by atoms with Crippen LogP contribution in [0.5, 0.6) is 0 Å². The van der Waals surface area contributed by atoms with Crippen LogP contribution < -0.4 is 10.6 Å². The SMILES string of the molecule is CC(=O)N(CCO)CCO.CC(=O)NCCO.CC(=O)OCC(O)CO.CCC(O)COC.CN(CCO)CCO.CNCCO.COCC1(C)COC1.COCC1CC1C. The molecule has 1 saturated carbocycles. The largest absolute Gasteiger partial charge is 0.463 e. The van der Waals surface area contributed by atoms with Crippen LogP contribution in [0.15, 0.2) is 0 Å². The quantitative estimate of drug-likeness (QED) is 0.0493. The van der Waals surface area contributed by atoms with Crippen LogP contribution in [-0.4, -0.2) is 246 Å². The van der Waals surface area contributed by atoms with Crippen LogP contribution in [-0.2, 0) is 38.1 Å². The van der Waals surface area contributed by atoms with E-state index >= 15 is 0 Å². The molecule has 4 atom stereocenters. The number of nitrogens with zero attached hydrogens (tertiary/aromatic N) is 2. The summed E-state index contributed by atoms with van der Waals surface area (Å²) in [6, 6.07) is 0. The Morgan fingerprint density at radius 3 is 1.44 bits per heavy atom. The highest BCUT2D eigenvalue weighted by molar-refractivity contribution is 5.73. The molecule has 2 rings (SSSR count). The number of carbonyl (C=O) groups is 3. The highest BCUT2D eigenvalue weighted by Gasteiger charge is 2.33. The number of aliphatic hydroxyl groups is 9. The van der Waals surface area contributed by atoms with Gasteiger partial charge in [-0.1, -0.05) is 20.8 Å². The fourth-order valence-corrected chi connectivity index (χ4v) is 3.77. The third-order valence-corrected chi connectivity index (χ3v) is 7.57. The second-order valence-electron chi connectivity index (χ2n) is 14.1. The van der Waals surface area contributed by atoms with E-state index in [0.29, 0.717) is 51.3 Å². The van der Waals surface area contributed by atoms with Gasteiger partial charge < -0.3 is 90.1 Å². The molecule has 21 nitrogen and oxygen atoms in total. The Morgan fingerprint density at radius 1 is 0.770 bits per heavy atom. The summed E-state index contributed by atoms with van der Waals surface area (Å²) in [6.07, 6.45) is 0.931. The molecule has 2 amide bonds. The van der Waals surface area contributed by atoms with Gasteiger partial charge in [0.15, 0.2) is 0 Å². The lowest BCUT2D eigenvalue weighted by Gasteiger charge is -2.37. The zero-order valence-corrected chi connectivity index (χ0v) is 39.3. The molecule has 0 aromatic rings. The lowest BCUT2D eigenvalue weighted by Crippen LogP contribution is -2.43. The van der Waals surface area contributed by atoms with Gasteiger partial charge in [0.1, 0.15) is 12.7 Å². The molecule has 1 heterocycles. The van der Waals surface area contributed by atoms with E-state index in [9.17, 15) is 14.4 Å². The van der Waals surface area contributed by atoms with E-state index in [1.165, 1.54) is 32.1 Å². The summed E-state index contributed by atoms with van der Waals surface area (Å²) >= 11 is 0. The first-order chi connectivity index (χ1) is 28.8. The van der Waals surface area contributed by atoms with E-state index < -0.39 is 12.1 Å². The molecule has 11 N–H and O–H groups in total. The zero-order chi connectivity index (χ0) is 48.5. The Labute approximate surface area is 366 Å². The number of amides is 2. The minimum Gasteiger partial charge on any atom is -0.463 e. The van der Waals surface area contributed by atoms with Gasteiger partial charge >= 0.3 is 5.97 Å². The predicted octanol–water partition coefficient (Wildman–Crippen LogP) is -2.70. The molecular weight excluding hydrogens is 808 g/mol. The number of methoxy groups -OCH3 is 3. The monoisotopic (exact) mass is 899 g/mol. The van der Waals surface area contributed by atoms with E-state index in [0.717, 1.165) is 44.7 Å². The average molecular weight is 899 g/mol. The summed E-state index contributed by atoms with van der Waals surface area (Å²) in [6.45, 7) is 17.3. The topological polar surface area (TPSA) is 310 Å². The van der Waals surface area contributed by atoms with Crippen molar-refractivity contribution < 1.29 is 84.0 Å². The molecule has 21 heteroatoms. The number of aliphatic hydroxyl groups excluding tert-OH is 9. The molecule has 0 radical (unpaired) electrons. The van der Waals surface area contributed by atoms with Crippen LogP contribution in [0.1, 0.15) is 54.4 Å². The average Bonchev–Trinajstić information content (AvgIpc) is 3.91. The van der Waals surface area contributed by atoms with Crippen molar-refractivity contribution in [2.45, 2.75) is 66.6 Å². The smallest absolute Gasteiger partial charge is 0.302 e. The Morgan fingerprint density at radius 2 is 1.26 bits per heavy atom. The predicted molar refractivity (Wildman–Crippen MR) is 233 cm³/mol. The first-order valence-corrected chi connectivity index (χ1v) is 20.4. The van der Waals surface area contributed by atoms with Gasteiger partial charge in [-0.2, -0.15) is 0 Å². The molecule has 2 aliphatic rings. The minimum absolute atomic E-state index is 0.0135. The number of rotatable bonds is 22. The lowest BCUT2D eigenvalue weighted by atomic mass is 9.90. The molecule has 1 saturated heterocycles. The van der Waals surface area contributed by atoms with E-state index in [1.54, 1.807) is 28.4 Å². The van der Waals surface area contributed by atoms with Crippen molar-refractivity contribution in [3.05, 3.63) is 0 Å². The van der Waals surface area contributed by atoms with Crippen LogP contribution in [0.4, 0.5) is 0 Å².